The van der Waals surface area contributed by atoms with Crippen LogP contribution in [0.5, 0.6) is 0 Å². The van der Waals surface area contributed by atoms with E-state index in [4.69, 9.17) is 4.74 Å². The number of carboxylic acids is 1. The Morgan fingerprint density at radius 3 is 2.09 bits per heavy atom. The van der Waals surface area contributed by atoms with Gasteiger partial charge in [0.25, 0.3) is 0 Å². The van der Waals surface area contributed by atoms with E-state index in [2.05, 4.69) is 29.6 Å². The number of fused-ring (bicyclic) bond motifs is 3. The van der Waals surface area contributed by atoms with Crippen molar-refractivity contribution in [1.29, 1.82) is 0 Å². The Labute approximate surface area is 206 Å². The highest BCUT2D eigenvalue weighted by Crippen LogP contribution is 2.44. The first-order valence-corrected chi connectivity index (χ1v) is 12.4. The normalized spacial score (nSPS) is 19.2. The van der Waals surface area contributed by atoms with Gasteiger partial charge in [0.2, 0.25) is 5.91 Å². The molecule has 35 heavy (non-hydrogen) atoms. The lowest BCUT2D eigenvalue weighted by Crippen LogP contribution is -2.49. The molecule has 0 spiro atoms. The highest BCUT2D eigenvalue weighted by Gasteiger charge is 2.44. The third-order valence-corrected chi connectivity index (χ3v) is 7.94. The van der Waals surface area contributed by atoms with E-state index in [0.29, 0.717) is 19.4 Å². The molecule has 0 unspecified atom stereocenters. The van der Waals surface area contributed by atoms with Gasteiger partial charge in [0.15, 0.2) is 0 Å². The van der Waals surface area contributed by atoms with E-state index < -0.39 is 23.4 Å². The molecule has 1 aliphatic carbocycles. The zero-order valence-corrected chi connectivity index (χ0v) is 20.6. The average molecular weight is 479 g/mol. The maximum absolute atomic E-state index is 13.4. The van der Waals surface area contributed by atoms with Gasteiger partial charge in [-0.15, -0.1) is 0 Å². The van der Waals surface area contributed by atoms with Crippen molar-refractivity contribution in [3.8, 4) is 11.1 Å². The Balaban J connectivity index is 1.39. The Bertz CT molecular complexity index is 1060. The Kier molecular flexibility index (Phi) is 7.15. The van der Waals surface area contributed by atoms with Crippen molar-refractivity contribution in [3.05, 3.63) is 59.7 Å². The van der Waals surface area contributed by atoms with Gasteiger partial charge in [0.1, 0.15) is 6.61 Å². The van der Waals surface area contributed by atoms with Gasteiger partial charge in [-0.1, -0.05) is 69.3 Å². The number of ether oxygens (including phenoxy) is 1. The summed E-state index contributed by atoms with van der Waals surface area (Å²) in [5, 5.41) is 12.3. The molecular formula is C28H34N2O5. The molecule has 2 N–H and O–H groups in total. The van der Waals surface area contributed by atoms with E-state index >= 15 is 0 Å². The van der Waals surface area contributed by atoms with Crippen molar-refractivity contribution in [2.24, 2.45) is 17.3 Å². The Morgan fingerprint density at radius 1 is 1.00 bits per heavy atom. The predicted octanol–water partition coefficient (Wildman–Crippen LogP) is 4.51. The molecule has 4 rings (SSSR count). The maximum Gasteiger partial charge on any atom is 0.407 e. The number of hydrogen-bond acceptors (Lipinski definition) is 4. The van der Waals surface area contributed by atoms with Crippen molar-refractivity contribution in [1.82, 2.24) is 10.2 Å². The number of rotatable bonds is 8. The molecule has 2 aromatic rings. The molecule has 1 fully saturated rings. The zero-order chi connectivity index (χ0) is 25.2. The van der Waals surface area contributed by atoms with Gasteiger partial charge in [-0.3, -0.25) is 9.59 Å². The number of alkyl carbamates (subject to hydrolysis) is 1. The summed E-state index contributed by atoms with van der Waals surface area (Å²) in [7, 11) is 0. The van der Waals surface area contributed by atoms with Gasteiger partial charge in [-0.05, 0) is 41.0 Å². The van der Waals surface area contributed by atoms with Crippen LogP contribution in [-0.2, 0) is 14.3 Å². The van der Waals surface area contributed by atoms with Crippen LogP contribution in [0.3, 0.4) is 0 Å². The molecule has 0 radical (unpaired) electrons. The fourth-order valence-electron chi connectivity index (χ4n) is 5.56. The van der Waals surface area contributed by atoms with E-state index in [0.717, 1.165) is 22.3 Å². The summed E-state index contributed by atoms with van der Waals surface area (Å²) in [6.45, 7) is 6.70. The molecule has 0 bridgehead atoms. The lowest BCUT2D eigenvalue weighted by atomic mass is 9.80. The van der Waals surface area contributed by atoms with Crippen molar-refractivity contribution in [2.75, 3.05) is 26.2 Å². The summed E-state index contributed by atoms with van der Waals surface area (Å²) in [5.41, 5.74) is 3.82. The average Bonchev–Trinajstić information content (AvgIpc) is 3.41. The first kappa shape index (κ1) is 24.8. The molecule has 1 heterocycles. The van der Waals surface area contributed by atoms with Crippen LogP contribution in [0.1, 0.15) is 50.7 Å². The van der Waals surface area contributed by atoms with Crippen LogP contribution in [0.2, 0.25) is 0 Å². The minimum Gasteiger partial charge on any atom is -0.481 e. The molecule has 2 aromatic carbocycles. The monoisotopic (exact) mass is 478 g/mol. The van der Waals surface area contributed by atoms with E-state index in [-0.39, 0.29) is 37.4 Å². The quantitative estimate of drug-likeness (QED) is 0.582. The van der Waals surface area contributed by atoms with Gasteiger partial charge >= 0.3 is 12.1 Å². The van der Waals surface area contributed by atoms with E-state index in [1.807, 2.05) is 45.0 Å². The van der Waals surface area contributed by atoms with Crippen molar-refractivity contribution in [2.45, 2.75) is 39.5 Å². The summed E-state index contributed by atoms with van der Waals surface area (Å²) in [5.74, 6) is -1.66. The first-order chi connectivity index (χ1) is 16.8. The molecule has 7 nitrogen and oxygen atoms in total. The maximum atomic E-state index is 13.4. The molecule has 2 amide bonds. The minimum atomic E-state index is -0.872. The third-order valence-electron chi connectivity index (χ3n) is 7.94. The fraction of sp³-hybridized carbons (Fsp3) is 0.464. The smallest absolute Gasteiger partial charge is 0.407 e. The van der Waals surface area contributed by atoms with Crippen LogP contribution in [0.15, 0.2) is 48.5 Å². The van der Waals surface area contributed by atoms with Gasteiger partial charge in [0.05, 0.1) is 11.3 Å². The van der Waals surface area contributed by atoms with E-state index in [1.54, 1.807) is 4.90 Å². The number of carboxylic acid groups (broad SMARTS) is 1. The van der Waals surface area contributed by atoms with E-state index in [9.17, 15) is 19.5 Å². The van der Waals surface area contributed by atoms with Crippen LogP contribution in [0.25, 0.3) is 11.1 Å². The number of hydrogen-bond donors (Lipinski definition) is 2. The first-order valence-electron chi connectivity index (χ1n) is 12.4. The molecule has 2 aliphatic rings. The second-order valence-corrected chi connectivity index (χ2v) is 9.80. The summed E-state index contributed by atoms with van der Waals surface area (Å²) in [4.78, 5) is 39.3. The van der Waals surface area contributed by atoms with E-state index in [1.165, 1.54) is 0 Å². The summed E-state index contributed by atoms with van der Waals surface area (Å²) >= 11 is 0. The largest absolute Gasteiger partial charge is 0.481 e. The number of benzene rings is 2. The lowest BCUT2D eigenvalue weighted by molar-refractivity contribution is -0.143. The molecule has 186 valence electrons. The number of likely N-dealkylation sites (tertiary alicyclic amines) is 1. The lowest BCUT2D eigenvalue weighted by Gasteiger charge is -2.34. The van der Waals surface area contributed by atoms with Gasteiger partial charge < -0.3 is 20.1 Å². The Morgan fingerprint density at radius 2 is 1.57 bits per heavy atom. The molecule has 0 aromatic heterocycles. The second-order valence-electron chi connectivity index (χ2n) is 9.80. The molecule has 0 saturated carbocycles. The number of nitrogens with zero attached hydrogens (tertiary/aromatic N) is 1. The van der Waals surface area contributed by atoms with Crippen LogP contribution in [0, 0.1) is 17.3 Å². The van der Waals surface area contributed by atoms with Crippen LogP contribution in [-0.4, -0.2) is 54.2 Å². The predicted molar refractivity (Wildman–Crippen MR) is 133 cm³/mol. The SMILES string of the molecule is CCC(CC)(CNC(=O)OCC1c2ccccc2-c2ccccc21)C(=O)N1C[C@H](C(=O)O)[C@@H](C)C1. The number of amides is 2. The minimum absolute atomic E-state index is 0.0315. The summed E-state index contributed by atoms with van der Waals surface area (Å²) < 4.78 is 5.64. The van der Waals surface area contributed by atoms with Gasteiger partial charge in [-0.2, -0.15) is 0 Å². The zero-order valence-electron chi connectivity index (χ0n) is 20.6. The van der Waals surface area contributed by atoms with Crippen LogP contribution in [0.4, 0.5) is 4.79 Å². The molecular weight excluding hydrogens is 444 g/mol. The summed E-state index contributed by atoms with van der Waals surface area (Å²) in [6.07, 6.45) is 0.521. The number of aliphatic carboxylic acids is 1. The second kappa shape index (κ2) is 10.1. The van der Waals surface area contributed by atoms with Crippen molar-refractivity contribution in [3.63, 3.8) is 0 Å². The van der Waals surface area contributed by atoms with Gasteiger partial charge in [-0.25, -0.2) is 4.79 Å². The number of carbonyl (C=O) groups excluding carboxylic acids is 2. The molecule has 2 atom stereocenters. The Hall–Kier alpha value is -3.35. The standard InChI is InChI=1S/C28H34N2O5/c1-4-28(5-2,26(33)30-14-18(3)23(15-30)25(31)32)17-29-27(34)35-16-24-21-12-8-6-10-19(21)20-11-7-9-13-22(20)24/h6-13,18,23-24H,4-5,14-17H2,1-3H3,(H,29,34)(H,31,32)/t18-,23-/m0/s1. The molecule has 1 aliphatic heterocycles. The number of carbonyl (C=O) groups is 3. The van der Waals surface area contributed by atoms with Gasteiger partial charge in [0, 0.05) is 25.6 Å². The number of nitrogens with one attached hydrogen (secondary N) is 1. The molecule has 7 heteroatoms. The highest BCUT2D eigenvalue weighted by molar-refractivity contribution is 5.85. The van der Waals surface area contributed by atoms with Crippen molar-refractivity contribution < 1.29 is 24.2 Å². The summed E-state index contributed by atoms with van der Waals surface area (Å²) in [6, 6.07) is 16.3. The topological polar surface area (TPSA) is 95.9 Å². The molecule has 1 saturated heterocycles. The van der Waals surface area contributed by atoms with Crippen molar-refractivity contribution >= 4 is 18.0 Å². The third kappa shape index (κ3) is 4.64. The highest BCUT2D eigenvalue weighted by atomic mass is 16.5. The van der Waals surface area contributed by atoms with Crippen LogP contribution >= 0.6 is 0 Å². The fourth-order valence-corrected chi connectivity index (χ4v) is 5.56. The van der Waals surface area contributed by atoms with Crippen LogP contribution < -0.4 is 5.32 Å².